The monoisotopic (exact) mass is 889 g/mol. The number of nitrogens with zero attached hydrogens (tertiary/aromatic N) is 3. The van der Waals surface area contributed by atoms with E-state index in [-0.39, 0.29) is 7.43 Å². The van der Waals surface area contributed by atoms with E-state index in [9.17, 15) is 0 Å². The molecule has 0 radical (unpaired) electrons. The van der Waals surface area contributed by atoms with Crippen molar-refractivity contribution in [2.45, 2.75) is 7.43 Å². The molecule has 1 aromatic heterocycles. The standard InChI is InChI=1S/C66H39N3.CH4/c1-67-47-29-24-41(25-30-47)46-28-33-50-56(36-46)54(42-14-5-2-6-15-42)38-61-57(50)37-55(43-16-7-3-8-17-43)60-39-58-52-21-13-20-51-49(34-35-53(65(51)52)59(58)40-62(60)61)44-26-31-48(32-27-44)69-64-23-12-11-22-63(64)68-66(69)45-18-9-4-10-19-45;/h2-40H;1H4. The second-order valence-corrected chi connectivity index (χ2v) is 18.1. The predicted octanol–water partition coefficient (Wildman–Crippen LogP) is 18.8. The van der Waals surface area contributed by atoms with Crippen LogP contribution in [0.15, 0.2) is 237 Å². The van der Waals surface area contributed by atoms with E-state index in [2.05, 4.69) is 228 Å². The lowest BCUT2D eigenvalue weighted by atomic mass is 9.85. The summed E-state index contributed by atoms with van der Waals surface area (Å²) in [7, 11) is 0. The lowest BCUT2D eigenvalue weighted by molar-refractivity contribution is 1.10. The zero-order valence-corrected chi connectivity index (χ0v) is 37.4. The molecule has 0 unspecified atom stereocenters. The fraction of sp³-hybridized carbons (Fsp3) is 0.0149. The number of hydrogen-bond donors (Lipinski definition) is 0. The van der Waals surface area contributed by atoms with Crippen molar-refractivity contribution in [3.8, 4) is 83.8 Å². The van der Waals surface area contributed by atoms with Gasteiger partial charge >= 0.3 is 0 Å². The number of hydrogen-bond acceptors (Lipinski definition) is 1. The van der Waals surface area contributed by atoms with Crippen LogP contribution in [0, 0.1) is 6.57 Å². The van der Waals surface area contributed by atoms with Crippen LogP contribution in [0.25, 0.3) is 143 Å². The van der Waals surface area contributed by atoms with Crippen molar-refractivity contribution in [3.05, 3.63) is 248 Å². The molecule has 1 aliphatic rings. The normalized spacial score (nSPS) is 11.6. The van der Waals surface area contributed by atoms with E-state index in [0.717, 1.165) is 39.2 Å². The largest absolute Gasteiger partial charge is 0.292 e. The summed E-state index contributed by atoms with van der Waals surface area (Å²) < 4.78 is 2.28. The maximum atomic E-state index is 7.50. The number of rotatable bonds is 6. The fourth-order valence-electron chi connectivity index (χ4n) is 11.1. The quantitative estimate of drug-likeness (QED) is 0.120. The molecule has 0 spiro atoms. The number of aromatic nitrogens is 2. The third kappa shape index (κ3) is 6.32. The topological polar surface area (TPSA) is 22.2 Å². The molecular formula is C67H43N3. The van der Waals surface area contributed by atoms with E-state index < -0.39 is 0 Å². The van der Waals surface area contributed by atoms with Crippen LogP contribution in [0.5, 0.6) is 0 Å². The molecule has 0 N–H and O–H groups in total. The molecule has 3 heteroatoms. The molecule has 0 aliphatic heterocycles. The van der Waals surface area contributed by atoms with Crippen molar-refractivity contribution in [2.75, 3.05) is 0 Å². The highest BCUT2D eigenvalue weighted by Gasteiger charge is 2.26. The first-order valence-corrected chi connectivity index (χ1v) is 23.5. The highest BCUT2D eigenvalue weighted by molar-refractivity contribution is 6.27. The van der Waals surface area contributed by atoms with Crippen LogP contribution in [0.4, 0.5) is 5.69 Å². The Kier molecular flexibility index (Phi) is 9.44. The Hall–Kier alpha value is -9.36. The molecular weight excluding hydrogens is 847 g/mol. The van der Waals surface area contributed by atoms with Crippen molar-refractivity contribution < 1.29 is 0 Å². The van der Waals surface area contributed by atoms with E-state index in [1.807, 2.05) is 18.2 Å². The van der Waals surface area contributed by atoms with E-state index in [1.54, 1.807) is 0 Å². The Morgan fingerprint density at radius 3 is 1.53 bits per heavy atom. The Morgan fingerprint density at radius 2 is 0.843 bits per heavy atom. The van der Waals surface area contributed by atoms with Gasteiger partial charge in [0, 0.05) is 11.3 Å². The molecule has 0 amide bonds. The van der Waals surface area contributed by atoms with Crippen LogP contribution in [0.3, 0.4) is 0 Å². The molecule has 12 aromatic carbocycles. The molecule has 70 heavy (non-hydrogen) atoms. The molecule has 3 nitrogen and oxygen atoms in total. The van der Waals surface area contributed by atoms with E-state index in [4.69, 9.17) is 11.6 Å². The Labute approximate surface area is 406 Å². The van der Waals surface area contributed by atoms with Gasteiger partial charge in [-0.2, -0.15) is 0 Å². The zero-order chi connectivity index (χ0) is 45.6. The lowest BCUT2D eigenvalue weighted by Crippen LogP contribution is -1.97. The van der Waals surface area contributed by atoms with Crippen LogP contribution >= 0.6 is 0 Å². The van der Waals surface area contributed by atoms with Crippen molar-refractivity contribution in [1.29, 1.82) is 0 Å². The van der Waals surface area contributed by atoms with Gasteiger partial charge in [0.05, 0.1) is 17.6 Å². The molecule has 1 heterocycles. The minimum atomic E-state index is 0. The maximum Gasteiger partial charge on any atom is 0.187 e. The fourth-order valence-corrected chi connectivity index (χ4v) is 11.1. The number of para-hydroxylation sites is 2. The predicted molar refractivity (Wildman–Crippen MR) is 296 cm³/mol. The third-order valence-electron chi connectivity index (χ3n) is 14.4. The number of imidazole rings is 1. The molecule has 0 atom stereocenters. The molecule has 1 aliphatic carbocycles. The molecule has 0 fully saturated rings. The first-order valence-electron chi connectivity index (χ1n) is 23.5. The van der Waals surface area contributed by atoms with Gasteiger partial charge in [-0.15, -0.1) is 0 Å². The first-order chi connectivity index (χ1) is 34.2. The van der Waals surface area contributed by atoms with Crippen LogP contribution in [0.2, 0.25) is 0 Å². The molecule has 0 saturated heterocycles. The van der Waals surface area contributed by atoms with E-state index in [0.29, 0.717) is 5.69 Å². The van der Waals surface area contributed by atoms with Crippen molar-refractivity contribution in [2.24, 2.45) is 0 Å². The average molecular weight is 890 g/mol. The third-order valence-corrected chi connectivity index (χ3v) is 14.4. The number of fused-ring (bicyclic) bond motifs is 9. The first kappa shape index (κ1) is 40.9. The summed E-state index contributed by atoms with van der Waals surface area (Å²) in [5.74, 6) is 0.933. The Bertz CT molecular complexity index is 4260. The summed E-state index contributed by atoms with van der Waals surface area (Å²) in [6.45, 7) is 7.50. The SMILES string of the molecule is C.[C-]#[N+]c1ccc(-c2ccc3c(c2)c(-c2ccccc2)cc2c4cc5c(cc4c(-c4ccccc4)cc32)-c2cccc3c(-c4ccc(-n6c(-c7ccccc7)nc7ccccc76)cc4)ccc-5c23)cc1. The van der Waals surface area contributed by atoms with Crippen LogP contribution in [-0.2, 0) is 0 Å². The summed E-state index contributed by atoms with van der Waals surface area (Å²) in [5, 5.41) is 9.91. The lowest BCUT2D eigenvalue weighted by Gasteiger charge is -2.18. The summed E-state index contributed by atoms with van der Waals surface area (Å²) in [5.41, 5.74) is 19.4. The molecule has 13 aromatic rings. The second kappa shape index (κ2) is 16.2. The van der Waals surface area contributed by atoms with Gasteiger partial charge < -0.3 is 0 Å². The number of benzene rings is 12. The molecule has 326 valence electrons. The molecule has 0 saturated carbocycles. The molecule has 0 bridgehead atoms. The summed E-state index contributed by atoms with van der Waals surface area (Å²) in [6, 6.07) is 85.6. The van der Waals surface area contributed by atoms with E-state index >= 15 is 0 Å². The van der Waals surface area contributed by atoms with Gasteiger partial charge in [0.1, 0.15) is 5.82 Å². The van der Waals surface area contributed by atoms with Gasteiger partial charge in [-0.05, 0) is 164 Å². The Morgan fingerprint density at radius 1 is 0.329 bits per heavy atom. The van der Waals surface area contributed by atoms with Crippen LogP contribution in [-0.4, -0.2) is 9.55 Å². The molecule has 14 rings (SSSR count). The van der Waals surface area contributed by atoms with Crippen molar-refractivity contribution in [1.82, 2.24) is 9.55 Å². The van der Waals surface area contributed by atoms with Crippen LogP contribution < -0.4 is 0 Å². The van der Waals surface area contributed by atoms with Gasteiger partial charge in [-0.1, -0.05) is 189 Å². The summed E-state index contributed by atoms with van der Waals surface area (Å²) in [6.07, 6.45) is 0. The van der Waals surface area contributed by atoms with Gasteiger partial charge in [0.2, 0.25) is 0 Å². The van der Waals surface area contributed by atoms with Crippen molar-refractivity contribution >= 4 is 59.8 Å². The summed E-state index contributed by atoms with van der Waals surface area (Å²) >= 11 is 0. The smallest absolute Gasteiger partial charge is 0.187 e. The minimum Gasteiger partial charge on any atom is -0.292 e. The summed E-state index contributed by atoms with van der Waals surface area (Å²) in [4.78, 5) is 8.73. The van der Waals surface area contributed by atoms with E-state index in [1.165, 1.54) is 98.7 Å². The second-order valence-electron chi connectivity index (χ2n) is 18.1. The highest BCUT2D eigenvalue weighted by Crippen LogP contribution is 2.53. The zero-order valence-electron chi connectivity index (χ0n) is 37.4. The maximum absolute atomic E-state index is 7.50. The average Bonchev–Trinajstić information content (AvgIpc) is 3.97. The van der Waals surface area contributed by atoms with Gasteiger partial charge in [-0.3, -0.25) is 4.57 Å². The Balaban J connectivity index is 0.00000480. The van der Waals surface area contributed by atoms with Crippen LogP contribution in [0.1, 0.15) is 7.43 Å². The highest BCUT2D eigenvalue weighted by atomic mass is 15.1. The minimum absolute atomic E-state index is 0. The van der Waals surface area contributed by atoms with Gasteiger partial charge in [0.15, 0.2) is 5.69 Å². The van der Waals surface area contributed by atoms with Gasteiger partial charge in [0.25, 0.3) is 0 Å². The van der Waals surface area contributed by atoms with Gasteiger partial charge in [-0.25, -0.2) is 9.83 Å². The van der Waals surface area contributed by atoms with Crippen molar-refractivity contribution in [3.63, 3.8) is 0 Å².